The van der Waals surface area contributed by atoms with Crippen LogP contribution in [0.25, 0.3) is 0 Å². The number of halogens is 2. The number of hydrogen-bond acceptors (Lipinski definition) is 4. The van der Waals surface area contributed by atoms with Gasteiger partial charge in [0.15, 0.2) is 0 Å². The minimum atomic E-state index is 0.0687. The minimum absolute atomic E-state index is 0.0687. The first kappa shape index (κ1) is 12.8. The Kier molecular flexibility index (Phi) is 3.43. The summed E-state index contributed by atoms with van der Waals surface area (Å²) in [6.45, 7) is 1.41. The molecule has 0 N–H and O–H groups in total. The third kappa shape index (κ3) is 2.45. The summed E-state index contributed by atoms with van der Waals surface area (Å²) in [5.41, 5.74) is 0.995. The number of pyridine rings is 1. The fourth-order valence-corrected chi connectivity index (χ4v) is 2.79. The van der Waals surface area contributed by atoms with Crippen molar-refractivity contribution < 1.29 is 4.74 Å². The standard InChI is InChI=1S/C12H12Cl2N4O/c1-18-6-15-17-12(18)11(8-4-19-5-8)7-2-9(13)16-10(14)3-7/h2-3,6,8,11H,4-5H2,1H3. The molecule has 1 aliphatic rings. The fraction of sp³-hybridized carbons (Fsp3) is 0.417. The average molecular weight is 299 g/mol. The molecule has 5 nitrogen and oxygen atoms in total. The van der Waals surface area contributed by atoms with Gasteiger partial charge in [0.25, 0.3) is 0 Å². The predicted octanol–water partition coefficient (Wildman–Crippen LogP) is 2.30. The van der Waals surface area contributed by atoms with Gasteiger partial charge in [-0.05, 0) is 17.7 Å². The molecule has 0 bridgehead atoms. The number of aryl methyl sites for hydroxylation is 1. The molecule has 1 atom stereocenters. The molecule has 0 radical (unpaired) electrons. The molecule has 3 heterocycles. The molecule has 0 spiro atoms. The molecule has 100 valence electrons. The second-order valence-electron chi connectivity index (χ2n) is 4.62. The van der Waals surface area contributed by atoms with Crippen LogP contribution in [-0.4, -0.2) is 33.0 Å². The lowest BCUT2D eigenvalue weighted by atomic mass is 9.84. The Balaban J connectivity index is 2.06. The summed E-state index contributed by atoms with van der Waals surface area (Å²) < 4.78 is 7.20. The Hall–Kier alpha value is -1.17. The van der Waals surface area contributed by atoms with Crippen LogP contribution in [0.3, 0.4) is 0 Å². The zero-order chi connectivity index (χ0) is 13.4. The largest absolute Gasteiger partial charge is 0.381 e. The summed E-state index contributed by atoms with van der Waals surface area (Å²) in [6.07, 6.45) is 1.69. The molecule has 1 saturated heterocycles. The molecule has 0 aromatic carbocycles. The maximum atomic E-state index is 5.99. The molecule has 0 amide bonds. The van der Waals surface area contributed by atoms with E-state index in [0.717, 1.165) is 11.4 Å². The summed E-state index contributed by atoms with van der Waals surface area (Å²) in [7, 11) is 1.92. The third-order valence-corrected chi connectivity index (χ3v) is 3.69. The fourth-order valence-electron chi connectivity index (χ4n) is 2.32. The summed E-state index contributed by atoms with van der Waals surface area (Å²) in [6, 6.07) is 3.65. The van der Waals surface area contributed by atoms with Gasteiger partial charge >= 0.3 is 0 Å². The van der Waals surface area contributed by atoms with E-state index in [2.05, 4.69) is 15.2 Å². The molecule has 2 aromatic rings. The highest BCUT2D eigenvalue weighted by Crippen LogP contribution is 2.36. The molecule has 1 fully saturated rings. The quantitative estimate of drug-likeness (QED) is 0.816. The maximum absolute atomic E-state index is 5.99. The average Bonchev–Trinajstić information content (AvgIpc) is 2.68. The molecule has 0 aliphatic carbocycles. The molecular weight excluding hydrogens is 287 g/mol. The van der Waals surface area contributed by atoms with Gasteiger partial charge in [-0.25, -0.2) is 4.98 Å². The highest BCUT2D eigenvalue weighted by atomic mass is 35.5. The smallest absolute Gasteiger partial charge is 0.140 e. The van der Waals surface area contributed by atoms with Crippen molar-refractivity contribution in [2.75, 3.05) is 13.2 Å². The van der Waals surface area contributed by atoms with Crippen molar-refractivity contribution in [1.29, 1.82) is 0 Å². The van der Waals surface area contributed by atoms with Crippen LogP contribution in [0.2, 0.25) is 10.3 Å². The molecule has 7 heteroatoms. The Morgan fingerprint density at radius 2 is 2.00 bits per heavy atom. The van der Waals surface area contributed by atoms with Crippen molar-refractivity contribution in [3.63, 3.8) is 0 Å². The van der Waals surface area contributed by atoms with E-state index in [4.69, 9.17) is 27.9 Å². The molecule has 1 unspecified atom stereocenters. The van der Waals surface area contributed by atoms with Crippen molar-refractivity contribution in [3.05, 3.63) is 40.2 Å². The highest BCUT2D eigenvalue weighted by Gasteiger charge is 2.34. The molecule has 0 saturated carbocycles. The summed E-state index contributed by atoms with van der Waals surface area (Å²) in [5.74, 6) is 1.31. The second kappa shape index (κ2) is 5.07. The van der Waals surface area contributed by atoms with Gasteiger partial charge in [-0.2, -0.15) is 0 Å². The van der Waals surface area contributed by atoms with Crippen LogP contribution in [0.15, 0.2) is 18.5 Å². The number of nitrogens with zero attached hydrogens (tertiary/aromatic N) is 4. The zero-order valence-electron chi connectivity index (χ0n) is 10.3. The van der Waals surface area contributed by atoms with Gasteiger partial charge in [-0.15, -0.1) is 10.2 Å². The lowest BCUT2D eigenvalue weighted by Gasteiger charge is -2.33. The van der Waals surface area contributed by atoms with Crippen molar-refractivity contribution in [2.45, 2.75) is 5.92 Å². The van der Waals surface area contributed by atoms with Crippen LogP contribution >= 0.6 is 23.2 Å². The van der Waals surface area contributed by atoms with E-state index < -0.39 is 0 Å². The molecule has 3 rings (SSSR count). The van der Waals surface area contributed by atoms with Gasteiger partial charge in [0.1, 0.15) is 22.5 Å². The van der Waals surface area contributed by atoms with E-state index in [1.54, 1.807) is 6.33 Å². The second-order valence-corrected chi connectivity index (χ2v) is 5.40. The van der Waals surface area contributed by atoms with Crippen molar-refractivity contribution in [2.24, 2.45) is 13.0 Å². The SMILES string of the molecule is Cn1cnnc1C(c1cc(Cl)nc(Cl)c1)C1COC1. The predicted molar refractivity (Wildman–Crippen MR) is 71.4 cm³/mol. The van der Waals surface area contributed by atoms with Gasteiger partial charge in [0.05, 0.1) is 19.1 Å². The number of ether oxygens (including phenoxy) is 1. The van der Waals surface area contributed by atoms with E-state index in [-0.39, 0.29) is 5.92 Å². The van der Waals surface area contributed by atoms with Gasteiger partial charge in [0, 0.05) is 13.0 Å². The summed E-state index contributed by atoms with van der Waals surface area (Å²) in [5, 5.41) is 8.92. The van der Waals surface area contributed by atoms with Crippen LogP contribution in [0.1, 0.15) is 17.3 Å². The van der Waals surface area contributed by atoms with Gasteiger partial charge in [-0.3, -0.25) is 0 Å². The van der Waals surface area contributed by atoms with E-state index in [1.807, 2.05) is 23.7 Å². The Morgan fingerprint density at radius 1 is 1.32 bits per heavy atom. The highest BCUT2D eigenvalue weighted by molar-refractivity contribution is 6.32. The lowest BCUT2D eigenvalue weighted by Crippen LogP contribution is -2.35. The number of aromatic nitrogens is 4. The molecule has 1 aliphatic heterocycles. The summed E-state index contributed by atoms with van der Waals surface area (Å²) >= 11 is 12.0. The first-order valence-electron chi connectivity index (χ1n) is 5.90. The van der Waals surface area contributed by atoms with E-state index in [0.29, 0.717) is 29.4 Å². The topological polar surface area (TPSA) is 52.8 Å². The van der Waals surface area contributed by atoms with Crippen LogP contribution in [-0.2, 0) is 11.8 Å². The van der Waals surface area contributed by atoms with Crippen LogP contribution in [0, 0.1) is 5.92 Å². The minimum Gasteiger partial charge on any atom is -0.381 e. The van der Waals surface area contributed by atoms with Crippen LogP contribution in [0.4, 0.5) is 0 Å². The number of hydrogen-bond donors (Lipinski definition) is 0. The van der Waals surface area contributed by atoms with Crippen molar-refractivity contribution in [1.82, 2.24) is 19.7 Å². The van der Waals surface area contributed by atoms with Gasteiger partial charge in [-0.1, -0.05) is 23.2 Å². The van der Waals surface area contributed by atoms with Crippen molar-refractivity contribution >= 4 is 23.2 Å². The third-order valence-electron chi connectivity index (χ3n) is 3.30. The maximum Gasteiger partial charge on any atom is 0.140 e. The lowest BCUT2D eigenvalue weighted by molar-refractivity contribution is -0.0407. The normalized spacial score (nSPS) is 17.2. The Labute approximate surface area is 120 Å². The summed E-state index contributed by atoms with van der Waals surface area (Å²) in [4.78, 5) is 3.98. The Morgan fingerprint density at radius 3 is 2.47 bits per heavy atom. The first-order valence-corrected chi connectivity index (χ1v) is 6.65. The molecule has 2 aromatic heterocycles. The van der Waals surface area contributed by atoms with Crippen LogP contribution in [0.5, 0.6) is 0 Å². The van der Waals surface area contributed by atoms with E-state index in [9.17, 15) is 0 Å². The van der Waals surface area contributed by atoms with Crippen LogP contribution < -0.4 is 0 Å². The number of rotatable bonds is 3. The van der Waals surface area contributed by atoms with Gasteiger partial charge in [0.2, 0.25) is 0 Å². The van der Waals surface area contributed by atoms with E-state index >= 15 is 0 Å². The molecule has 19 heavy (non-hydrogen) atoms. The first-order chi connectivity index (χ1) is 9.15. The van der Waals surface area contributed by atoms with E-state index in [1.165, 1.54) is 0 Å². The van der Waals surface area contributed by atoms with Gasteiger partial charge < -0.3 is 9.30 Å². The van der Waals surface area contributed by atoms with Crippen molar-refractivity contribution in [3.8, 4) is 0 Å². The molecular formula is C12H12Cl2N4O. The monoisotopic (exact) mass is 298 g/mol. The zero-order valence-corrected chi connectivity index (χ0v) is 11.8. The Bertz CT molecular complexity index is 577.